The summed E-state index contributed by atoms with van der Waals surface area (Å²) >= 11 is 0. The Hall–Kier alpha value is -3.07. The fourth-order valence-corrected chi connectivity index (χ4v) is 5.00. The standard InChI is InChI=1S/C26H31F3N4O2/c1-18-5-2-3-8-23(18)32-13-10-22(11-14-32)33-12-9-21(17-33)31-24(34)16-30-25(35)19-6-4-7-20(15-19)26(27,28)29/h2-8,15,21-22H,9-14,16-17H2,1H3,(H,30,35)(H,31,34)/t21-/m1/s1. The van der Waals surface area contributed by atoms with E-state index in [2.05, 4.69) is 51.6 Å². The lowest BCUT2D eigenvalue weighted by molar-refractivity contribution is -0.137. The number of amides is 2. The number of benzene rings is 2. The molecule has 2 fully saturated rings. The van der Waals surface area contributed by atoms with Crippen molar-refractivity contribution >= 4 is 17.5 Å². The molecule has 6 nitrogen and oxygen atoms in total. The third kappa shape index (κ3) is 6.33. The van der Waals surface area contributed by atoms with Crippen LogP contribution >= 0.6 is 0 Å². The van der Waals surface area contributed by atoms with E-state index in [-0.39, 0.29) is 24.1 Å². The molecule has 2 amide bonds. The zero-order valence-corrected chi connectivity index (χ0v) is 19.8. The molecule has 0 radical (unpaired) electrons. The molecule has 0 bridgehead atoms. The normalized spacial score (nSPS) is 19.5. The number of rotatable bonds is 6. The number of para-hydroxylation sites is 1. The summed E-state index contributed by atoms with van der Waals surface area (Å²) in [6.07, 6.45) is -1.55. The van der Waals surface area contributed by atoms with Gasteiger partial charge < -0.3 is 15.5 Å². The molecular formula is C26H31F3N4O2. The number of nitrogens with one attached hydrogen (secondary N) is 2. The summed E-state index contributed by atoms with van der Waals surface area (Å²) in [5.41, 5.74) is 1.56. The summed E-state index contributed by atoms with van der Waals surface area (Å²) in [6, 6.07) is 13.1. The number of carbonyl (C=O) groups is 2. The van der Waals surface area contributed by atoms with E-state index in [1.54, 1.807) is 0 Å². The van der Waals surface area contributed by atoms with Crippen LogP contribution in [0.2, 0.25) is 0 Å². The van der Waals surface area contributed by atoms with Gasteiger partial charge in [0.15, 0.2) is 0 Å². The Balaban J connectivity index is 1.20. The van der Waals surface area contributed by atoms with Crippen LogP contribution in [-0.2, 0) is 11.0 Å². The van der Waals surface area contributed by atoms with E-state index in [9.17, 15) is 22.8 Å². The van der Waals surface area contributed by atoms with Crippen molar-refractivity contribution in [3.63, 3.8) is 0 Å². The molecule has 0 saturated carbocycles. The number of piperidine rings is 1. The van der Waals surface area contributed by atoms with Crippen LogP contribution in [-0.4, -0.2) is 61.5 Å². The molecule has 0 spiro atoms. The minimum Gasteiger partial charge on any atom is -0.371 e. The number of hydrogen-bond donors (Lipinski definition) is 2. The Morgan fingerprint density at radius 2 is 1.74 bits per heavy atom. The van der Waals surface area contributed by atoms with Crippen LogP contribution in [0.3, 0.4) is 0 Å². The van der Waals surface area contributed by atoms with E-state index >= 15 is 0 Å². The molecule has 9 heteroatoms. The third-order valence-corrected chi connectivity index (χ3v) is 6.88. The van der Waals surface area contributed by atoms with Crippen LogP contribution < -0.4 is 15.5 Å². The lowest BCUT2D eigenvalue weighted by atomic mass is 10.0. The zero-order chi connectivity index (χ0) is 25.0. The van der Waals surface area contributed by atoms with Crippen LogP contribution in [0.15, 0.2) is 48.5 Å². The minimum atomic E-state index is -4.53. The van der Waals surface area contributed by atoms with Gasteiger partial charge in [-0.2, -0.15) is 13.2 Å². The predicted molar refractivity (Wildman–Crippen MR) is 128 cm³/mol. The molecule has 2 saturated heterocycles. The molecule has 1 atom stereocenters. The van der Waals surface area contributed by atoms with Gasteiger partial charge in [0, 0.05) is 49.5 Å². The Labute approximate surface area is 203 Å². The van der Waals surface area contributed by atoms with Crippen molar-refractivity contribution in [3.05, 3.63) is 65.2 Å². The van der Waals surface area contributed by atoms with Crippen molar-refractivity contribution in [1.29, 1.82) is 0 Å². The quantitative estimate of drug-likeness (QED) is 0.652. The summed E-state index contributed by atoms with van der Waals surface area (Å²) in [4.78, 5) is 29.4. The molecule has 2 aromatic rings. The van der Waals surface area contributed by atoms with Gasteiger partial charge in [0.1, 0.15) is 0 Å². The van der Waals surface area contributed by atoms with Crippen LogP contribution in [0.25, 0.3) is 0 Å². The van der Waals surface area contributed by atoms with Gasteiger partial charge >= 0.3 is 6.18 Å². The molecule has 188 valence electrons. The van der Waals surface area contributed by atoms with Gasteiger partial charge in [0.05, 0.1) is 12.1 Å². The van der Waals surface area contributed by atoms with Crippen LogP contribution in [0.1, 0.15) is 40.7 Å². The highest BCUT2D eigenvalue weighted by atomic mass is 19.4. The molecule has 0 aliphatic carbocycles. The zero-order valence-electron chi connectivity index (χ0n) is 19.8. The van der Waals surface area contributed by atoms with Gasteiger partial charge in [-0.25, -0.2) is 0 Å². The lowest BCUT2D eigenvalue weighted by Crippen LogP contribution is -2.46. The van der Waals surface area contributed by atoms with Crippen molar-refractivity contribution in [1.82, 2.24) is 15.5 Å². The molecule has 2 aliphatic rings. The van der Waals surface area contributed by atoms with Crippen LogP contribution in [0.5, 0.6) is 0 Å². The van der Waals surface area contributed by atoms with Gasteiger partial charge in [0.25, 0.3) is 5.91 Å². The molecule has 2 aliphatic heterocycles. The largest absolute Gasteiger partial charge is 0.416 e. The molecular weight excluding hydrogens is 457 g/mol. The SMILES string of the molecule is Cc1ccccc1N1CCC(N2CC[C@@H](NC(=O)CNC(=O)c3cccc(C(F)(F)F)c3)C2)CC1. The van der Waals surface area contributed by atoms with Gasteiger partial charge in [-0.1, -0.05) is 24.3 Å². The van der Waals surface area contributed by atoms with Gasteiger partial charge in [0.2, 0.25) is 5.91 Å². The number of carbonyl (C=O) groups excluding carboxylic acids is 2. The number of nitrogens with zero attached hydrogens (tertiary/aromatic N) is 2. The van der Waals surface area contributed by atoms with Crippen molar-refractivity contribution in [2.45, 2.75) is 44.4 Å². The third-order valence-electron chi connectivity index (χ3n) is 6.88. The number of hydrogen-bond acceptors (Lipinski definition) is 4. The first-order chi connectivity index (χ1) is 16.7. The summed E-state index contributed by atoms with van der Waals surface area (Å²) in [5.74, 6) is -1.05. The smallest absolute Gasteiger partial charge is 0.371 e. The maximum absolute atomic E-state index is 12.8. The van der Waals surface area contributed by atoms with Crippen molar-refractivity contribution in [3.8, 4) is 0 Å². The topological polar surface area (TPSA) is 64.7 Å². The van der Waals surface area contributed by atoms with E-state index in [0.29, 0.717) is 6.04 Å². The number of aryl methyl sites for hydroxylation is 1. The molecule has 35 heavy (non-hydrogen) atoms. The van der Waals surface area contributed by atoms with Crippen molar-refractivity contribution in [2.75, 3.05) is 37.6 Å². The molecule has 4 rings (SSSR count). The average Bonchev–Trinajstić information content (AvgIpc) is 3.31. The Morgan fingerprint density at radius 1 is 1.00 bits per heavy atom. The summed E-state index contributed by atoms with van der Waals surface area (Å²) < 4.78 is 38.5. The molecule has 2 N–H and O–H groups in total. The van der Waals surface area contributed by atoms with Crippen molar-refractivity contribution < 1.29 is 22.8 Å². The fourth-order valence-electron chi connectivity index (χ4n) is 5.00. The van der Waals surface area contributed by atoms with Gasteiger partial charge in [-0.3, -0.25) is 14.5 Å². The van der Waals surface area contributed by atoms with Crippen molar-refractivity contribution in [2.24, 2.45) is 0 Å². The second-order valence-electron chi connectivity index (χ2n) is 9.31. The lowest BCUT2D eigenvalue weighted by Gasteiger charge is -2.38. The van der Waals surface area contributed by atoms with E-state index in [4.69, 9.17) is 0 Å². The van der Waals surface area contributed by atoms with Gasteiger partial charge in [-0.05, 0) is 56.0 Å². The highest BCUT2D eigenvalue weighted by Gasteiger charge is 2.32. The monoisotopic (exact) mass is 488 g/mol. The molecule has 2 aromatic carbocycles. The van der Waals surface area contributed by atoms with E-state index < -0.39 is 17.6 Å². The first-order valence-electron chi connectivity index (χ1n) is 12.0. The Bertz CT molecular complexity index is 1050. The minimum absolute atomic E-state index is 0.00218. The first kappa shape index (κ1) is 25.0. The highest BCUT2D eigenvalue weighted by molar-refractivity contribution is 5.96. The molecule has 2 heterocycles. The number of halogens is 3. The number of likely N-dealkylation sites (tertiary alicyclic amines) is 1. The Kier molecular flexibility index (Phi) is 7.64. The first-order valence-corrected chi connectivity index (χ1v) is 12.0. The summed E-state index contributed by atoms with van der Waals surface area (Å²) in [6.45, 7) is 5.55. The second kappa shape index (κ2) is 10.7. The van der Waals surface area contributed by atoms with Crippen LogP contribution in [0, 0.1) is 6.92 Å². The summed E-state index contributed by atoms with van der Waals surface area (Å²) in [5, 5.41) is 5.36. The maximum atomic E-state index is 12.8. The van der Waals surface area contributed by atoms with E-state index in [0.717, 1.165) is 57.6 Å². The Morgan fingerprint density at radius 3 is 2.46 bits per heavy atom. The van der Waals surface area contributed by atoms with E-state index in [1.165, 1.54) is 23.4 Å². The number of anilines is 1. The molecule has 0 unspecified atom stereocenters. The van der Waals surface area contributed by atoms with Gasteiger partial charge in [-0.15, -0.1) is 0 Å². The highest BCUT2D eigenvalue weighted by Crippen LogP contribution is 2.29. The number of alkyl halides is 3. The average molecular weight is 489 g/mol. The maximum Gasteiger partial charge on any atom is 0.416 e. The summed E-state index contributed by atoms with van der Waals surface area (Å²) in [7, 11) is 0. The second-order valence-corrected chi connectivity index (χ2v) is 9.31. The molecule has 0 aromatic heterocycles. The predicted octanol–water partition coefficient (Wildman–Crippen LogP) is 3.60. The fraction of sp³-hybridized carbons (Fsp3) is 0.462. The van der Waals surface area contributed by atoms with Crippen LogP contribution in [0.4, 0.5) is 18.9 Å². The van der Waals surface area contributed by atoms with E-state index in [1.807, 2.05) is 0 Å².